The van der Waals surface area contributed by atoms with Crippen LogP contribution in [0.4, 0.5) is 0 Å². The molecule has 0 aliphatic carbocycles. The quantitative estimate of drug-likeness (QED) is 0.518. The number of unbranched alkanes of at least 4 members (excludes halogenated alkanes) is 1. The monoisotopic (exact) mass is 354 g/mol. The van der Waals surface area contributed by atoms with Crippen LogP contribution in [0, 0.1) is 0 Å². The second-order valence-electron chi connectivity index (χ2n) is 5.26. The van der Waals surface area contributed by atoms with Gasteiger partial charge in [0, 0.05) is 17.2 Å². The number of ether oxygens (including phenoxy) is 2. The molecule has 6 nitrogen and oxygen atoms in total. The van der Waals surface area contributed by atoms with Crippen LogP contribution in [-0.2, 0) is 14.6 Å². The van der Waals surface area contributed by atoms with Gasteiger partial charge in [0.05, 0.1) is 19.8 Å². The van der Waals surface area contributed by atoms with E-state index < -0.39 is 10.4 Å². The lowest BCUT2D eigenvalue weighted by Crippen LogP contribution is -2.08. The van der Waals surface area contributed by atoms with Crippen LogP contribution >= 0.6 is 0 Å². The minimum absolute atomic E-state index is 0.130. The highest BCUT2D eigenvalue weighted by Crippen LogP contribution is 2.32. The third-order valence-corrected chi connectivity index (χ3v) is 3.84. The second kappa shape index (κ2) is 8.86. The molecule has 0 fully saturated rings. The maximum Gasteiger partial charge on any atom is 0.397 e. The Morgan fingerprint density at radius 1 is 0.875 bits per heavy atom. The maximum atomic E-state index is 10.5. The first-order valence-corrected chi connectivity index (χ1v) is 9.27. The summed E-state index contributed by atoms with van der Waals surface area (Å²) in [7, 11) is -4.39. The van der Waals surface area contributed by atoms with Gasteiger partial charge in [-0.1, -0.05) is 37.6 Å². The minimum atomic E-state index is -4.39. The standard InChI is InChI=1S/C17H22O6S/c1-2-3-11-21-16-9-4-8-15-14(16)7-5-10-17(15)22-12-6-13-23-24(18,19)20/h4-5,7-10H,2-3,6,11-13H2,1H3,(H,18,19,20). The van der Waals surface area contributed by atoms with Crippen LogP contribution < -0.4 is 9.47 Å². The fraction of sp³-hybridized carbons (Fsp3) is 0.412. The molecule has 0 bridgehead atoms. The molecule has 2 aromatic carbocycles. The Balaban J connectivity index is 2.01. The minimum Gasteiger partial charge on any atom is -0.493 e. The van der Waals surface area contributed by atoms with Gasteiger partial charge in [0.2, 0.25) is 0 Å². The molecule has 0 saturated carbocycles. The molecule has 0 aliphatic heterocycles. The summed E-state index contributed by atoms with van der Waals surface area (Å²) < 4.78 is 45.2. The Bertz CT molecular complexity index is 757. The van der Waals surface area contributed by atoms with Gasteiger partial charge in [-0.15, -0.1) is 0 Å². The summed E-state index contributed by atoms with van der Waals surface area (Å²) in [5.41, 5.74) is 0. The van der Waals surface area contributed by atoms with E-state index in [-0.39, 0.29) is 13.2 Å². The van der Waals surface area contributed by atoms with Gasteiger partial charge in [-0.05, 0) is 18.6 Å². The summed E-state index contributed by atoms with van der Waals surface area (Å²) >= 11 is 0. The average molecular weight is 354 g/mol. The molecule has 0 radical (unpaired) electrons. The maximum absolute atomic E-state index is 10.5. The summed E-state index contributed by atoms with van der Waals surface area (Å²) in [6, 6.07) is 11.5. The van der Waals surface area contributed by atoms with Gasteiger partial charge >= 0.3 is 10.4 Å². The summed E-state index contributed by atoms with van der Waals surface area (Å²) in [6.45, 7) is 2.93. The third-order valence-electron chi connectivity index (χ3n) is 3.38. The van der Waals surface area contributed by atoms with Crippen LogP contribution in [0.2, 0.25) is 0 Å². The van der Waals surface area contributed by atoms with Crippen LogP contribution in [0.3, 0.4) is 0 Å². The number of benzene rings is 2. The van der Waals surface area contributed by atoms with E-state index in [2.05, 4.69) is 11.1 Å². The van der Waals surface area contributed by atoms with Crippen molar-refractivity contribution >= 4 is 21.2 Å². The molecule has 132 valence electrons. The Morgan fingerprint density at radius 2 is 1.42 bits per heavy atom. The largest absolute Gasteiger partial charge is 0.493 e. The molecule has 0 amide bonds. The molecule has 7 heteroatoms. The van der Waals surface area contributed by atoms with Crippen LogP contribution in [-0.4, -0.2) is 32.8 Å². The van der Waals surface area contributed by atoms with Crippen molar-refractivity contribution in [2.45, 2.75) is 26.2 Å². The SMILES string of the molecule is CCCCOc1cccc2c(OCCCOS(=O)(=O)O)cccc12. The zero-order valence-electron chi connectivity index (χ0n) is 13.6. The highest BCUT2D eigenvalue weighted by Gasteiger charge is 2.08. The summed E-state index contributed by atoms with van der Waals surface area (Å²) in [6.07, 6.45) is 2.41. The average Bonchev–Trinajstić information content (AvgIpc) is 2.54. The highest BCUT2D eigenvalue weighted by atomic mass is 32.3. The lowest BCUT2D eigenvalue weighted by Gasteiger charge is -2.12. The van der Waals surface area contributed by atoms with Crippen LogP contribution in [0.15, 0.2) is 36.4 Å². The molecule has 2 rings (SSSR count). The van der Waals surface area contributed by atoms with E-state index in [0.29, 0.717) is 18.8 Å². The normalized spacial score (nSPS) is 11.6. The van der Waals surface area contributed by atoms with Gasteiger partial charge < -0.3 is 9.47 Å². The number of fused-ring (bicyclic) bond motifs is 1. The predicted octanol–water partition coefficient (Wildman–Crippen LogP) is 3.61. The van der Waals surface area contributed by atoms with Crippen LogP contribution in [0.5, 0.6) is 11.5 Å². The van der Waals surface area contributed by atoms with Gasteiger partial charge in [0.15, 0.2) is 0 Å². The van der Waals surface area contributed by atoms with Gasteiger partial charge in [-0.2, -0.15) is 8.42 Å². The summed E-state index contributed by atoms with van der Waals surface area (Å²) in [5, 5.41) is 1.91. The van der Waals surface area contributed by atoms with Crippen molar-refractivity contribution < 1.29 is 26.6 Å². The number of hydrogen-bond donors (Lipinski definition) is 1. The zero-order chi connectivity index (χ0) is 17.4. The number of rotatable bonds is 10. The Kier molecular flexibility index (Phi) is 6.84. The highest BCUT2D eigenvalue weighted by molar-refractivity contribution is 7.80. The van der Waals surface area contributed by atoms with Crippen LogP contribution in [0.25, 0.3) is 10.8 Å². The van der Waals surface area contributed by atoms with Crippen molar-refractivity contribution in [2.75, 3.05) is 19.8 Å². The van der Waals surface area contributed by atoms with E-state index in [9.17, 15) is 8.42 Å². The van der Waals surface area contributed by atoms with Crippen molar-refractivity contribution in [1.29, 1.82) is 0 Å². The molecule has 24 heavy (non-hydrogen) atoms. The fourth-order valence-electron chi connectivity index (χ4n) is 2.24. The fourth-order valence-corrected chi connectivity index (χ4v) is 2.56. The lowest BCUT2D eigenvalue weighted by molar-refractivity contribution is 0.230. The molecule has 0 aliphatic rings. The molecule has 0 spiro atoms. The van der Waals surface area contributed by atoms with Crippen molar-refractivity contribution in [3.8, 4) is 11.5 Å². The van der Waals surface area contributed by atoms with E-state index in [4.69, 9.17) is 14.0 Å². The molecule has 1 N–H and O–H groups in total. The van der Waals surface area contributed by atoms with Crippen molar-refractivity contribution in [3.05, 3.63) is 36.4 Å². The Hall–Kier alpha value is -1.83. The Labute approximate surface area is 142 Å². The number of hydrogen-bond acceptors (Lipinski definition) is 5. The molecule has 0 heterocycles. The first-order valence-electron chi connectivity index (χ1n) is 7.90. The summed E-state index contributed by atoms with van der Waals surface area (Å²) in [5.74, 6) is 1.52. The molecular formula is C17H22O6S. The first kappa shape index (κ1) is 18.5. The van der Waals surface area contributed by atoms with Gasteiger partial charge in [-0.3, -0.25) is 4.55 Å². The molecule has 0 atom stereocenters. The van der Waals surface area contributed by atoms with E-state index in [0.717, 1.165) is 29.4 Å². The third kappa shape index (κ3) is 5.67. The van der Waals surface area contributed by atoms with Gasteiger partial charge in [-0.25, -0.2) is 4.18 Å². The van der Waals surface area contributed by atoms with Crippen molar-refractivity contribution in [1.82, 2.24) is 0 Å². The second-order valence-corrected chi connectivity index (χ2v) is 6.35. The predicted molar refractivity (Wildman–Crippen MR) is 92.0 cm³/mol. The summed E-state index contributed by atoms with van der Waals surface area (Å²) in [4.78, 5) is 0. The zero-order valence-corrected chi connectivity index (χ0v) is 14.4. The first-order chi connectivity index (χ1) is 11.5. The molecule has 0 aromatic heterocycles. The van der Waals surface area contributed by atoms with Gasteiger partial charge in [0.25, 0.3) is 0 Å². The van der Waals surface area contributed by atoms with E-state index in [1.54, 1.807) is 0 Å². The van der Waals surface area contributed by atoms with E-state index in [1.807, 2.05) is 36.4 Å². The molecule has 0 saturated heterocycles. The Morgan fingerprint density at radius 3 is 1.92 bits per heavy atom. The van der Waals surface area contributed by atoms with Crippen molar-refractivity contribution in [3.63, 3.8) is 0 Å². The van der Waals surface area contributed by atoms with E-state index >= 15 is 0 Å². The van der Waals surface area contributed by atoms with E-state index in [1.165, 1.54) is 0 Å². The van der Waals surface area contributed by atoms with Crippen molar-refractivity contribution in [2.24, 2.45) is 0 Å². The molecular weight excluding hydrogens is 332 g/mol. The van der Waals surface area contributed by atoms with Gasteiger partial charge in [0.1, 0.15) is 11.5 Å². The van der Waals surface area contributed by atoms with Crippen LogP contribution in [0.1, 0.15) is 26.2 Å². The topological polar surface area (TPSA) is 82.1 Å². The molecule has 0 unspecified atom stereocenters. The lowest BCUT2D eigenvalue weighted by atomic mass is 10.1. The molecule has 2 aromatic rings. The smallest absolute Gasteiger partial charge is 0.397 e.